The number of hydrogen-bond donors (Lipinski definition) is 1. The maximum atomic E-state index is 12.6. The zero-order chi connectivity index (χ0) is 16.4. The monoisotopic (exact) mass is 354 g/mol. The lowest BCUT2D eigenvalue weighted by molar-refractivity contribution is -0.116. The number of carbonyl (C=O) groups is 1. The molecule has 126 valence electrons. The third-order valence-electron chi connectivity index (χ3n) is 4.41. The van der Waals surface area contributed by atoms with E-state index in [4.69, 9.17) is 0 Å². The molecule has 1 saturated carbocycles. The fraction of sp³-hybridized carbons (Fsp3) is 0.562. The van der Waals surface area contributed by atoms with E-state index in [9.17, 15) is 13.2 Å². The first-order valence-corrected chi connectivity index (χ1v) is 10.5. The van der Waals surface area contributed by atoms with Crippen LogP contribution in [-0.2, 0) is 14.8 Å². The minimum atomic E-state index is -3.50. The van der Waals surface area contributed by atoms with Crippen molar-refractivity contribution in [2.75, 3.05) is 17.2 Å². The molecular weight excluding hydrogens is 332 g/mol. The second-order valence-electron chi connectivity index (χ2n) is 6.10. The average molecular weight is 354 g/mol. The predicted octanol–water partition coefficient (Wildman–Crippen LogP) is 2.76. The van der Waals surface area contributed by atoms with Crippen molar-refractivity contribution in [1.82, 2.24) is 4.72 Å². The van der Waals surface area contributed by atoms with Crippen molar-refractivity contribution in [3.8, 4) is 0 Å². The van der Waals surface area contributed by atoms with Gasteiger partial charge in [0.25, 0.3) is 0 Å². The molecule has 23 heavy (non-hydrogen) atoms. The molecule has 2 aliphatic rings. The Bertz CT molecular complexity index is 697. The Morgan fingerprint density at radius 3 is 2.70 bits per heavy atom. The van der Waals surface area contributed by atoms with Crippen LogP contribution in [0.1, 0.15) is 39.0 Å². The Balaban J connectivity index is 1.84. The number of anilines is 1. The van der Waals surface area contributed by atoms with Crippen molar-refractivity contribution in [1.29, 1.82) is 0 Å². The van der Waals surface area contributed by atoms with Crippen molar-refractivity contribution >= 4 is 33.4 Å². The summed E-state index contributed by atoms with van der Waals surface area (Å²) in [6.07, 6.45) is 5.18. The maximum absolute atomic E-state index is 12.6. The molecule has 0 radical (unpaired) electrons. The highest BCUT2D eigenvalue weighted by Crippen LogP contribution is 2.36. The number of nitrogens with zero attached hydrogens (tertiary/aromatic N) is 1. The van der Waals surface area contributed by atoms with Crippen LogP contribution in [0.4, 0.5) is 5.69 Å². The molecule has 7 heteroatoms. The maximum Gasteiger partial charge on any atom is 0.240 e. The van der Waals surface area contributed by atoms with Crippen LogP contribution in [0.15, 0.2) is 28.0 Å². The van der Waals surface area contributed by atoms with Crippen LogP contribution < -0.4 is 9.62 Å². The molecule has 0 atom stereocenters. The molecule has 0 bridgehead atoms. The van der Waals surface area contributed by atoms with Gasteiger partial charge in [-0.3, -0.25) is 4.79 Å². The standard InChI is InChI=1S/C16H22N2O3S2/c1-12(19)18-9-10-22-16-11-14(7-8-15(16)18)23(20,21)17-13-5-3-2-4-6-13/h7-8,11,13,17H,2-6,9-10H2,1H3. The SMILES string of the molecule is CC(=O)N1CCSc2cc(S(=O)(=O)NC3CCCCC3)ccc21. The summed E-state index contributed by atoms with van der Waals surface area (Å²) in [4.78, 5) is 14.5. The van der Waals surface area contributed by atoms with Crippen molar-refractivity contribution in [3.05, 3.63) is 18.2 Å². The quantitative estimate of drug-likeness (QED) is 0.906. The number of hydrogen-bond acceptors (Lipinski definition) is 4. The summed E-state index contributed by atoms with van der Waals surface area (Å²) < 4.78 is 28.0. The topological polar surface area (TPSA) is 66.5 Å². The van der Waals surface area contributed by atoms with Gasteiger partial charge in [-0.2, -0.15) is 0 Å². The number of benzene rings is 1. The van der Waals surface area contributed by atoms with Crippen molar-refractivity contribution in [2.24, 2.45) is 0 Å². The van der Waals surface area contributed by atoms with Gasteiger partial charge in [-0.05, 0) is 31.0 Å². The summed E-state index contributed by atoms with van der Waals surface area (Å²) >= 11 is 1.60. The Hall–Kier alpha value is -1.05. The Morgan fingerprint density at radius 2 is 2.00 bits per heavy atom. The summed E-state index contributed by atoms with van der Waals surface area (Å²) in [5.74, 6) is 0.772. The third kappa shape index (κ3) is 3.72. The summed E-state index contributed by atoms with van der Waals surface area (Å²) in [6.45, 7) is 2.20. The van der Waals surface area contributed by atoms with Crippen LogP contribution in [0.2, 0.25) is 0 Å². The highest BCUT2D eigenvalue weighted by Gasteiger charge is 2.25. The average Bonchev–Trinajstić information content (AvgIpc) is 2.54. The second-order valence-corrected chi connectivity index (χ2v) is 8.96. The van der Waals surface area contributed by atoms with Gasteiger partial charge >= 0.3 is 0 Å². The van der Waals surface area contributed by atoms with Gasteiger partial charge in [-0.15, -0.1) is 11.8 Å². The summed E-state index contributed by atoms with van der Waals surface area (Å²) in [5, 5.41) is 0. The zero-order valence-corrected chi connectivity index (χ0v) is 14.9. The lowest BCUT2D eigenvalue weighted by Crippen LogP contribution is -2.36. The van der Waals surface area contributed by atoms with E-state index in [0.717, 1.165) is 42.0 Å². The van der Waals surface area contributed by atoms with Crippen molar-refractivity contribution in [2.45, 2.75) is 54.9 Å². The molecule has 0 aromatic heterocycles. The van der Waals surface area contributed by atoms with Crippen LogP contribution >= 0.6 is 11.8 Å². The van der Waals surface area contributed by atoms with E-state index in [1.807, 2.05) is 0 Å². The molecule has 1 heterocycles. The zero-order valence-electron chi connectivity index (χ0n) is 13.2. The number of fused-ring (bicyclic) bond motifs is 1. The Morgan fingerprint density at radius 1 is 1.26 bits per heavy atom. The van der Waals surface area contributed by atoms with Gasteiger partial charge in [0, 0.05) is 30.2 Å². The van der Waals surface area contributed by atoms with E-state index in [-0.39, 0.29) is 11.9 Å². The van der Waals surface area contributed by atoms with Crippen LogP contribution in [0.25, 0.3) is 0 Å². The van der Waals surface area contributed by atoms with Gasteiger partial charge in [-0.25, -0.2) is 13.1 Å². The Kier molecular flexibility index (Phi) is 4.98. The fourth-order valence-electron chi connectivity index (χ4n) is 3.20. The molecular formula is C16H22N2O3S2. The van der Waals surface area contributed by atoms with Gasteiger partial charge in [-0.1, -0.05) is 19.3 Å². The van der Waals surface area contributed by atoms with Gasteiger partial charge in [0.05, 0.1) is 10.6 Å². The van der Waals surface area contributed by atoms with Gasteiger partial charge in [0.1, 0.15) is 0 Å². The normalized spacial score (nSPS) is 19.4. The number of rotatable bonds is 3. The van der Waals surface area contributed by atoms with Crippen LogP contribution in [-0.4, -0.2) is 32.7 Å². The summed E-state index contributed by atoms with van der Waals surface area (Å²) in [5.41, 5.74) is 0.811. The first-order valence-electron chi connectivity index (χ1n) is 8.05. The third-order valence-corrected chi connectivity index (χ3v) is 6.95. The van der Waals surface area contributed by atoms with E-state index >= 15 is 0 Å². The molecule has 3 rings (SSSR count). The molecule has 1 aromatic carbocycles. The van der Waals surface area contributed by atoms with E-state index in [0.29, 0.717) is 11.4 Å². The van der Waals surface area contributed by atoms with E-state index in [1.54, 1.807) is 34.9 Å². The largest absolute Gasteiger partial charge is 0.311 e. The summed E-state index contributed by atoms with van der Waals surface area (Å²) in [6, 6.07) is 5.09. The fourth-order valence-corrected chi connectivity index (χ4v) is 5.64. The smallest absolute Gasteiger partial charge is 0.240 e. The molecule has 1 N–H and O–H groups in total. The number of nitrogens with one attached hydrogen (secondary N) is 1. The van der Waals surface area contributed by atoms with Crippen LogP contribution in [0, 0.1) is 0 Å². The predicted molar refractivity (Wildman–Crippen MR) is 92.4 cm³/mol. The Labute approximate surface area is 141 Å². The van der Waals surface area contributed by atoms with Gasteiger partial charge < -0.3 is 4.90 Å². The molecule has 1 aliphatic heterocycles. The van der Waals surface area contributed by atoms with Gasteiger partial charge in [0.15, 0.2) is 0 Å². The first kappa shape index (κ1) is 16.8. The molecule has 1 amide bonds. The first-order chi connectivity index (χ1) is 11.0. The molecule has 0 unspecified atom stereocenters. The molecule has 1 aromatic rings. The van der Waals surface area contributed by atoms with E-state index < -0.39 is 10.0 Å². The highest BCUT2D eigenvalue weighted by atomic mass is 32.2. The molecule has 5 nitrogen and oxygen atoms in total. The lowest BCUT2D eigenvalue weighted by Gasteiger charge is -2.28. The van der Waals surface area contributed by atoms with Crippen molar-refractivity contribution < 1.29 is 13.2 Å². The number of amides is 1. The second kappa shape index (κ2) is 6.83. The summed E-state index contributed by atoms with van der Waals surface area (Å²) in [7, 11) is -3.50. The molecule has 0 saturated heterocycles. The minimum Gasteiger partial charge on any atom is -0.311 e. The molecule has 1 fully saturated rings. The number of thioether (sulfide) groups is 1. The van der Waals surface area contributed by atoms with E-state index in [2.05, 4.69) is 4.72 Å². The van der Waals surface area contributed by atoms with Crippen LogP contribution in [0.5, 0.6) is 0 Å². The lowest BCUT2D eigenvalue weighted by atomic mass is 9.96. The van der Waals surface area contributed by atoms with E-state index in [1.165, 1.54) is 13.3 Å². The molecule has 1 aliphatic carbocycles. The number of carbonyl (C=O) groups excluding carboxylic acids is 1. The van der Waals surface area contributed by atoms with Crippen LogP contribution in [0.3, 0.4) is 0 Å². The van der Waals surface area contributed by atoms with Gasteiger partial charge in [0.2, 0.25) is 15.9 Å². The minimum absolute atomic E-state index is 0.0116. The molecule has 0 spiro atoms. The van der Waals surface area contributed by atoms with Crippen molar-refractivity contribution in [3.63, 3.8) is 0 Å². The number of sulfonamides is 1. The highest BCUT2D eigenvalue weighted by molar-refractivity contribution is 7.99.